The molecular weight excluding hydrogens is 246 g/mol. The maximum atomic E-state index is 12.3. The van der Waals surface area contributed by atoms with Gasteiger partial charge in [0.15, 0.2) is 0 Å². The number of phenols is 2. The zero-order valence-electron chi connectivity index (χ0n) is 10.4. The number of hydrogen-bond donors (Lipinski definition) is 2. The molecule has 0 aliphatic carbocycles. The van der Waals surface area contributed by atoms with Crippen molar-refractivity contribution < 1.29 is 14.6 Å². The number of fused-ring (bicyclic) bond motifs is 2. The minimum Gasteiger partial charge on any atom is -0.507 e. The topological polar surface area (TPSA) is 75.1 Å². The molecule has 0 amide bonds. The summed E-state index contributed by atoms with van der Waals surface area (Å²) in [4.78, 5) is 12.3. The van der Waals surface area contributed by atoms with E-state index >= 15 is 0 Å². The van der Waals surface area contributed by atoms with Crippen molar-refractivity contribution in [3.63, 3.8) is 0 Å². The van der Waals surface area contributed by atoms with Crippen molar-refractivity contribution >= 4 is 16.7 Å². The van der Waals surface area contributed by atoms with Gasteiger partial charge < -0.3 is 14.6 Å². The molecule has 0 aliphatic heterocycles. The fraction of sp³-hybridized carbons (Fsp3) is 0.214. The molecule has 2 N–H and O–H groups in total. The largest absolute Gasteiger partial charge is 0.507 e. The lowest BCUT2D eigenvalue weighted by Crippen LogP contribution is -2.12. The molecule has 0 saturated heterocycles. The van der Waals surface area contributed by atoms with Crippen molar-refractivity contribution in [3.05, 3.63) is 40.3 Å². The van der Waals surface area contributed by atoms with Crippen molar-refractivity contribution in [1.29, 1.82) is 0 Å². The lowest BCUT2D eigenvalue weighted by molar-refractivity contribution is 0.439. The molecule has 98 valence electrons. The Morgan fingerprint density at radius 1 is 1.37 bits per heavy atom. The minimum atomic E-state index is -0.351. The molecular formula is C14H13NO4. The number of hydrogen-bond acceptors (Lipinski definition) is 4. The monoisotopic (exact) mass is 259 g/mol. The van der Waals surface area contributed by atoms with Gasteiger partial charge in [-0.25, -0.2) is 0 Å². The Morgan fingerprint density at radius 3 is 2.89 bits per heavy atom. The number of phenolic OH excluding ortho intramolecular Hbond substituents is 2. The van der Waals surface area contributed by atoms with E-state index in [4.69, 9.17) is 4.42 Å². The van der Waals surface area contributed by atoms with Crippen LogP contribution >= 0.6 is 0 Å². The Morgan fingerprint density at radius 2 is 2.16 bits per heavy atom. The van der Waals surface area contributed by atoms with E-state index in [1.807, 2.05) is 6.92 Å². The van der Waals surface area contributed by atoms with Crippen LogP contribution in [0, 0.1) is 0 Å². The first-order valence-corrected chi connectivity index (χ1v) is 6.11. The first-order chi connectivity index (χ1) is 9.13. The lowest BCUT2D eigenvalue weighted by Gasteiger charge is -2.09. The standard InChI is InChI=1S/C14H13NO4/c1-2-4-8-9(16)7-10-12(13(8)17)14(18)15-6-3-5-11(15)19-10/h3,5-7,16-17H,2,4H2,1H3. The van der Waals surface area contributed by atoms with Crippen molar-refractivity contribution in [2.45, 2.75) is 19.8 Å². The second-order valence-electron chi connectivity index (χ2n) is 4.47. The first kappa shape index (κ1) is 11.6. The van der Waals surface area contributed by atoms with E-state index in [9.17, 15) is 15.0 Å². The van der Waals surface area contributed by atoms with Gasteiger partial charge in [0.1, 0.15) is 22.5 Å². The van der Waals surface area contributed by atoms with Gasteiger partial charge in [0, 0.05) is 23.9 Å². The van der Waals surface area contributed by atoms with E-state index in [1.54, 1.807) is 18.3 Å². The van der Waals surface area contributed by atoms with Gasteiger partial charge in [-0.3, -0.25) is 9.20 Å². The highest BCUT2D eigenvalue weighted by atomic mass is 16.3. The van der Waals surface area contributed by atoms with Gasteiger partial charge in [-0.15, -0.1) is 0 Å². The van der Waals surface area contributed by atoms with Crippen LogP contribution in [0.5, 0.6) is 11.5 Å². The van der Waals surface area contributed by atoms with Crippen LogP contribution in [0.15, 0.2) is 33.6 Å². The van der Waals surface area contributed by atoms with E-state index in [1.165, 1.54) is 10.5 Å². The second-order valence-corrected chi connectivity index (χ2v) is 4.47. The summed E-state index contributed by atoms with van der Waals surface area (Å²) in [5.41, 5.74) is 0.593. The highest BCUT2D eigenvalue weighted by Crippen LogP contribution is 2.35. The number of nitrogens with zero attached hydrogens (tertiary/aromatic N) is 1. The van der Waals surface area contributed by atoms with Gasteiger partial charge in [-0.05, 0) is 12.5 Å². The molecule has 2 aromatic heterocycles. The summed E-state index contributed by atoms with van der Waals surface area (Å²) in [7, 11) is 0. The van der Waals surface area contributed by atoms with Gasteiger partial charge in [-0.1, -0.05) is 13.3 Å². The molecule has 0 atom stereocenters. The Labute approximate surface area is 108 Å². The highest BCUT2D eigenvalue weighted by molar-refractivity contribution is 5.87. The quantitative estimate of drug-likeness (QED) is 0.741. The first-order valence-electron chi connectivity index (χ1n) is 6.11. The molecule has 0 bridgehead atoms. The Hall–Kier alpha value is -2.43. The summed E-state index contributed by atoms with van der Waals surface area (Å²) in [5.74, 6) is -0.243. The molecule has 5 heteroatoms. The SMILES string of the molecule is CCCc1c(O)cc2oc3cccn3c(=O)c2c1O. The second kappa shape index (κ2) is 4.05. The van der Waals surface area contributed by atoms with Gasteiger partial charge >= 0.3 is 0 Å². The van der Waals surface area contributed by atoms with Gasteiger partial charge in [0.25, 0.3) is 5.56 Å². The normalized spacial score (nSPS) is 11.4. The molecule has 3 aromatic rings. The summed E-state index contributed by atoms with van der Waals surface area (Å²) in [6, 6.07) is 4.71. The summed E-state index contributed by atoms with van der Waals surface area (Å²) >= 11 is 0. The van der Waals surface area contributed by atoms with Crippen LogP contribution in [-0.4, -0.2) is 14.6 Å². The molecule has 0 radical (unpaired) electrons. The van der Waals surface area contributed by atoms with Crippen molar-refractivity contribution in [1.82, 2.24) is 4.40 Å². The minimum absolute atomic E-state index is 0.0501. The summed E-state index contributed by atoms with van der Waals surface area (Å²) in [5, 5.41) is 20.2. The fourth-order valence-electron chi connectivity index (χ4n) is 2.31. The Bertz CT molecular complexity index is 829. The molecule has 0 saturated carbocycles. The van der Waals surface area contributed by atoms with Gasteiger partial charge in [-0.2, -0.15) is 0 Å². The predicted molar refractivity (Wildman–Crippen MR) is 70.8 cm³/mol. The van der Waals surface area contributed by atoms with Crippen molar-refractivity contribution in [2.75, 3.05) is 0 Å². The predicted octanol–water partition coefficient (Wildman–Crippen LogP) is 2.41. The van der Waals surface area contributed by atoms with Crippen LogP contribution in [-0.2, 0) is 6.42 Å². The third-order valence-electron chi connectivity index (χ3n) is 3.20. The molecule has 5 nitrogen and oxygen atoms in total. The summed E-state index contributed by atoms with van der Waals surface area (Å²) in [6.07, 6.45) is 2.83. The molecule has 3 rings (SSSR count). The van der Waals surface area contributed by atoms with Crippen LogP contribution in [0.25, 0.3) is 16.7 Å². The van der Waals surface area contributed by atoms with Crippen LogP contribution in [0.3, 0.4) is 0 Å². The van der Waals surface area contributed by atoms with Crippen LogP contribution in [0.1, 0.15) is 18.9 Å². The number of aromatic hydroxyl groups is 2. The number of benzene rings is 1. The zero-order valence-corrected chi connectivity index (χ0v) is 10.4. The molecule has 1 aromatic carbocycles. The van der Waals surface area contributed by atoms with E-state index in [0.29, 0.717) is 17.7 Å². The molecule has 2 heterocycles. The van der Waals surface area contributed by atoms with Crippen molar-refractivity contribution in [3.8, 4) is 11.5 Å². The third-order valence-corrected chi connectivity index (χ3v) is 3.20. The Kier molecular flexibility index (Phi) is 2.48. The van der Waals surface area contributed by atoms with Crippen molar-refractivity contribution in [2.24, 2.45) is 0 Å². The maximum Gasteiger partial charge on any atom is 0.272 e. The van der Waals surface area contributed by atoms with Gasteiger partial charge in [0.2, 0.25) is 5.71 Å². The maximum absolute atomic E-state index is 12.3. The average Bonchev–Trinajstić information content (AvgIpc) is 2.82. The van der Waals surface area contributed by atoms with E-state index < -0.39 is 0 Å². The van der Waals surface area contributed by atoms with E-state index in [2.05, 4.69) is 0 Å². The molecule has 0 aliphatic rings. The highest BCUT2D eigenvalue weighted by Gasteiger charge is 2.17. The summed E-state index contributed by atoms with van der Waals surface area (Å²) < 4.78 is 6.83. The zero-order chi connectivity index (χ0) is 13.6. The molecule has 0 fully saturated rings. The molecule has 0 spiro atoms. The van der Waals surface area contributed by atoms with Crippen LogP contribution in [0.4, 0.5) is 0 Å². The number of aromatic nitrogens is 1. The smallest absolute Gasteiger partial charge is 0.272 e. The Balaban J connectivity index is 2.50. The average molecular weight is 259 g/mol. The van der Waals surface area contributed by atoms with E-state index in [-0.39, 0.29) is 28.0 Å². The lowest BCUT2D eigenvalue weighted by atomic mass is 10.0. The van der Waals surface area contributed by atoms with E-state index in [0.717, 1.165) is 6.42 Å². The third kappa shape index (κ3) is 1.58. The van der Waals surface area contributed by atoms with Crippen LogP contribution < -0.4 is 5.56 Å². The summed E-state index contributed by atoms with van der Waals surface area (Å²) in [6.45, 7) is 1.93. The number of rotatable bonds is 2. The van der Waals surface area contributed by atoms with Gasteiger partial charge in [0.05, 0.1) is 0 Å². The molecule has 19 heavy (non-hydrogen) atoms. The molecule has 0 unspecified atom stereocenters. The fourth-order valence-corrected chi connectivity index (χ4v) is 2.31. The van der Waals surface area contributed by atoms with Crippen LogP contribution in [0.2, 0.25) is 0 Å².